The largest absolute Gasteiger partial charge is 0.507 e. The summed E-state index contributed by atoms with van der Waals surface area (Å²) in [6.07, 6.45) is 1.23. The third-order valence-electron chi connectivity index (χ3n) is 5.26. The molecule has 1 aliphatic heterocycles. The van der Waals surface area contributed by atoms with Crippen LogP contribution < -0.4 is 21.5 Å². The molecule has 8 heteroatoms. The lowest BCUT2D eigenvalue weighted by Crippen LogP contribution is -2.20. The second-order valence-electron chi connectivity index (χ2n) is 7.44. The number of hydrogen-bond donors (Lipinski definition) is 5. The van der Waals surface area contributed by atoms with Gasteiger partial charge in [0.2, 0.25) is 0 Å². The Morgan fingerprint density at radius 1 is 1.39 bits per heavy atom. The van der Waals surface area contributed by atoms with Crippen LogP contribution in [-0.4, -0.2) is 28.9 Å². The molecule has 3 rings (SSSR count). The highest BCUT2D eigenvalue weighted by Gasteiger charge is 2.23. The van der Waals surface area contributed by atoms with Crippen LogP contribution in [0.4, 0.5) is 10.2 Å². The van der Waals surface area contributed by atoms with E-state index in [1.807, 2.05) is 6.92 Å². The maximum atomic E-state index is 14.1. The highest BCUT2D eigenvalue weighted by atomic mass is 19.1. The molecule has 0 amide bonds. The van der Waals surface area contributed by atoms with E-state index in [4.69, 9.17) is 21.6 Å². The third kappa shape index (κ3) is 4.54. The van der Waals surface area contributed by atoms with Crippen molar-refractivity contribution in [1.82, 2.24) is 10.3 Å². The normalized spacial score (nSPS) is 21.4. The molecule has 1 atom stereocenters. The number of pyridine rings is 1. The van der Waals surface area contributed by atoms with Gasteiger partial charge in [-0.05, 0) is 50.6 Å². The number of aliphatic hydroxyl groups excluding tert-OH is 1. The molecule has 164 valence electrons. The maximum Gasteiger partial charge on any atom is 0.166 e. The second kappa shape index (κ2) is 9.18. The minimum atomic E-state index is -0.639. The van der Waals surface area contributed by atoms with Crippen molar-refractivity contribution in [2.24, 2.45) is 5.73 Å². The number of anilines is 1. The summed E-state index contributed by atoms with van der Waals surface area (Å²) in [6, 6.07) is 5.85. The number of hydrogen-bond acceptors (Lipinski definition) is 7. The summed E-state index contributed by atoms with van der Waals surface area (Å²) in [7, 11) is 0. The number of nitrogens with zero attached hydrogens (tertiary/aromatic N) is 1. The van der Waals surface area contributed by atoms with Crippen LogP contribution >= 0.6 is 0 Å². The lowest BCUT2D eigenvalue weighted by Gasteiger charge is -2.23. The van der Waals surface area contributed by atoms with Gasteiger partial charge in [0.05, 0.1) is 0 Å². The summed E-state index contributed by atoms with van der Waals surface area (Å²) in [5.41, 5.74) is 15.8. The van der Waals surface area contributed by atoms with E-state index in [9.17, 15) is 9.50 Å². The summed E-state index contributed by atoms with van der Waals surface area (Å²) < 4.78 is 20.1. The van der Waals surface area contributed by atoms with Crippen LogP contribution in [0, 0.1) is 11.2 Å². The van der Waals surface area contributed by atoms with Crippen LogP contribution in [0.15, 0.2) is 41.6 Å². The zero-order chi connectivity index (χ0) is 22.7. The predicted molar refractivity (Wildman–Crippen MR) is 121 cm³/mol. The average Bonchev–Trinajstić information content (AvgIpc) is 2.73. The van der Waals surface area contributed by atoms with Gasteiger partial charge in [0.25, 0.3) is 0 Å². The Labute approximate surface area is 181 Å². The van der Waals surface area contributed by atoms with Gasteiger partial charge in [-0.15, -0.1) is 0 Å². The van der Waals surface area contributed by atoms with Crippen LogP contribution in [-0.2, 0) is 0 Å². The molecule has 2 heterocycles. The van der Waals surface area contributed by atoms with E-state index in [-0.39, 0.29) is 30.3 Å². The lowest BCUT2D eigenvalue weighted by atomic mass is 9.92. The van der Waals surface area contributed by atoms with E-state index in [2.05, 4.69) is 10.3 Å². The van der Waals surface area contributed by atoms with Gasteiger partial charge in [0.15, 0.2) is 11.6 Å². The second-order valence-corrected chi connectivity index (χ2v) is 7.44. The van der Waals surface area contributed by atoms with Crippen molar-refractivity contribution in [3.8, 4) is 5.75 Å². The zero-order valence-electron chi connectivity index (χ0n) is 17.9. The van der Waals surface area contributed by atoms with Crippen molar-refractivity contribution in [3.05, 3.63) is 64.1 Å². The number of nitrogens with two attached hydrogens (primary N) is 2. The Bertz CT molecular complexity index is 1080. The first kappa shape index (κ1) is 22.3. The molecule has 1 unspecified atom stereocenters. The molecular weight excluding hydrogens is 397 g/mol. The van der Waals surface area contributed by atoms with E-state index < -0.39 is 11.9 Å². The maximum absolute atomic E-state index is 14.1. The molecule has 1 aromatic heterocycles. The molecule has 0 fully saturated rings. The Hall–Kier alpha value is -3.39. The number of aromatic nitrogens is 1. The Balaban J connectivity index is 2.37. The number of benzene rings is 1. The average molecular weight is 426 g/mol. The number of ether oxygens (including phenoxy) is 1. The SMILES string of the molecule is CCN/C1=C(\CN)C/C(C(C)=N)=C(/O)c2ccc(F)cc2C(C)Oc2cc1cnc2N. The molecule has 2 aromatic rings. The number of nitrogen functional groups attached to an aromatic ring is 1. The Morgan fingerprint density at radius 2 is 2.13 bits per heavy atom. The van der Waals surface area contributed by atoms with Gasteiger partial charge in [0, 0.05) is 59.4 Å². The van der Waals surface area contributed by atoms with Gasteiger partial charge in [-0.2, -0.15) is 0 Å². The minimum Gasteiger partial charge on any atom is -0.507 e. The standard InChI is InChI=1S/C23H28FN5O2/c1-4-28-21-14(10-25)7-18(12(2)26)22(30)17-6-5-16(24)9-19(17)13(3)31-20-8-15(21)11-29-23(20)27/h5-6,8-9,11,13,26,28,30H,4,7,10,25H2,1-3H3,(H2,27,29)/b21-14-,22-18-,26-12?. The van der Waals surface area contributed by atoms with E-state index in [1.54, 1.807) is 26.1 Å². The lowest BCUT2D eigenvalue weighted by molar-refractivity contribution is 0.226. The van der Waals surface area contributed by atoms with Gasteiger partial charge < -0.3 is 32.0 Å². The first-order valence-corrected chi connectivity index (χ1v) is 10.1. The van der Waals surface area contributed by atoms with Gasteiger partial charge in [-0.3, -0.25) is 0 Å². The van der Waals surface area contributed by atoms with Gasteiger partial charge >= 0.3 is 0 Å². The van der Waals surface area contributed by atoms with Gasteiger partial charge in [-0.25, -0.2) is 9.37 Å². The number of rotatable bonds is 4. The van der Waals surface area contributed by atoms with Crippen LogP contribution in [0.25, 0.3) is 11.5 Å². The predicted octanol–water partition coefficient (Wildman–Crippen LogP) is 3.93. The highest BCUT2D eigenvalue weighted by Crippen LogP contribution is 2.35. The number of nitrogens with one attached hydrogen (secondary N) is 2. The first-order chi connectivity index (χ1) is 14.8. The molecule has 7 nitrogen and oxygen atoms in total. The third-order valence-corrected chi connectivity index (χ3v) is 5.26. The van der Waals surface area contributed by atoms with Gasteiger partial charge in [0.1, 0.15) is 17.7 Å². The Morgan fingerprint density at radius 3 is 2.77 bits per heavy atom. The van der Waals surface area contributed by atoms with Crippen LogP contribution in [0.1, 0.15) is 50.0 Å². The van der Waals surface area contributed by atoms with E-state index in [0.29, 0.717) is 29.0 Å². The van der Waals surface area contributed by atoms with Crippen molar-refractivity contribution in [1.29, 1.82) is 5.41 Å². The summed E-state index contributed by atoms with van der Waals surface area (Å²) in [4.78, 5) is 4.27. The number of fused-ring (bicyclic) bond motifs is 3. The molecule has 1 aliphatic rings. The fourth-order valence-corrected chi connectivity index (χ4v) is 3.67. The zero-order valence-corrected chi connectivity index (χ0v) is 17.9. The summed E-state index contributed by atoms with van der Waals surface area (Å²) in [6.45, 7) is 6.13. The van der Waals surface area contributed by atoms with Crippen molar-refractivity contribution in [3.63, 3.8) is 0 Å². The molecule has 2 bridgehead atoms. The number of halogens is 1. The molecule has 0 saturated heterocycles. The molecule has 31 heavy (non-hydrogen) atoms. The molecule has 1 aromatic carbocycles. The van der Waals surface area contributed by atoms with E-state index in [1.165, 1.54) is 18.2 Å². The summed E-state index contributed by atoms with van der Waals surface area (Å²) in [5.74, 6) is -0.0137. The molecule has 0 radical (unpaired) electrons. The monoisotopic (exact) mass is 425 g/mol. The molecule has 0 spiro atoms. The number of allylic oxidation sites excluding steroid dienone is 1. The van der Waals surface area contributed by atoms with Crippen molar-refractivity contribution < 1.29 is 14.2 Å². The molecule has 0 saturated carbocycles. The quantitative estimate of drug-likeness (QED) is 0.472. The highest BCUT2D eigenvalue weighted by molar-refractivity contribution is 6.02. The fraction of sp³-hybridized carbons (Fsp3) is 0.304. The van der Waals surface area contributed by atoms with Crippen LogP contribution in [0.3, 0.4) is 0 Å². The molecular formula is C23H28FN5O2. The fourth-order valence-electron chi connectivity index (χ4n) is 3.67. The summed E-state index contributed by atoms with van der Waals surface area (Å²) in [5, 5.41) is 22.8. The van der Waals surface area contributed by atoms with Crippen LogP contribution in [0.2, 0.25) is 0 Å². The van der Waals surface area contributed by atoms with Crippen molar-refractivity contribution in [2.45, 2.75) is 33.3 Å². The summed E-state index contributed by atoms with van der Waals surface area (Å²) >= 11 is 0. The molecule has 7 N–H and O–H groups in total. The smallest absolute Gasteiger partial charge is 0.166 e. The van der Waals surface area contributed by atoms with E-state index >= 15 is 0 Å². The van der Waals surface area contributed by atoms with Gasteiger partial charge in [-0.1, -0.05) is 0 Å². The first-order valence-electron chi connectivity index (χ1n) is 10.1. The van der Waals surface area contributed by atoms with Crippen LogP contribution in [0.5, 0.6) is 5.75 Å². The number of aliphatic hydroxyl groups is 1. The van der Waals surface area contributed by atoms with Crippen molar-refractivity contribution >= 4 is 23.0 Å². The minimum absolute atomic E-state index is 0.102. The topological polar surface area (TPSA) is 130 Å². The Kier molecular flexibility index (Phi) is 6.60. The van der Waals surface area contributed by atoms with E-state index in [0.717, 1.165) is 16.8 Å². The van der Waals surface area contributed by atoms with Crippen molar-refractivity contribution in [2.75, 3.05) is 18.8 Å². The molecule has 0 aliphatic carbocycles.